The fraction of sp³-hybridized carbons (Fsp3) is 0.0238. The van der Waals surface area contributed by atoms with Gasteiger partial charge in [0.05, 0.1) is 100 Å². The summed E-state index contributed by atoms with van der Waals surface area (Å²) in [6.45, 7) is 4.69. The highest BCUT2D eigenvalue weighted by Crippen LogP contribution is 2.53. The first-order valence-electron chi connectivity index (χ1n) is 48.0. The van der Waals surface area contributed by atoms with Crippen LogP contribution in [0, 0.1) is 0 Å². The first-order chi connectivity index (χ1) is 70.6. The molecule has 143 heavy (non-hydrogen) atoms. The molecule has 17 heteroatoms. The Bertz CT molecular complexity index is 9970. The smallest absolute Gasteiger partial charge is 0.238 e. The highest BCUT2D eigenvalue weighted by Gasteiger charge is 2.38. The topological polar surface area (TPSA) is 144 Å². The molecule has 0 fully saturated rings. The van der Waals surface area contributed by atoms with Crippen molar-refractivity contribution in [2.75, 3.05) is 0 Å². The number of rotatable bonds is 12. The minimum absolute atomic E-state index is 0.125. The Balaban J connectivity index is 0.000000105. The van der Waals surface area contributed by atoms with Crippen molar-refractivity contribution in [2.24, 2.45) is 0 Å². The fourth-order valence-corrected chi connectivity index (χ4v) is 23.7. The molecule has 15 nitrogen and oxygen atoms in total. The zero-order valence-electron chi connectivity index (χ0n) is 77.3. The molecule has 1 aliphatic rings. The van der Waals surface area contributed by atoms with Gasteiger partial charge in [-0.2, -0.15) is 0 Å². The van der Waals surface area contributed by atoms with Crippen molar-refractivity contribution in [1.29, 1.82) is 0 Å². The molecular formula is C126H81N15S2. The normalized spacial score (nSPS) is 12.3. The highest BCUT2D eigenvalue weighted by molar-refractivity contribution is 7.26. The van der Waals surface area contributed by atoms with Crippen LogP contribution in [0.5, 0.6) is 0 Å². The summed E-state index contributed by atoms with van der Waals surface area (Å²) in [7, 11) is 0. The van der Waals surface area contributed by atoms with E-state index in [1.54, 1.807) is 0 Å². The maximum Gasteiger partial charge on any atom is 0.238 e. The minimum atomic E-state index is -0.125. The number of thiophene rings is 2. The predicted molar refractivity (Wildman–Crippen MR) is 588 cm³/mol. The Morgan fingerprint density at radius 3 is 0.944 bits per heavy atom. The Morgan fingerprint density at radius 2 is 0.503 bits per heavy atom. The van der Waals surface area contributed by atoms with E-state index in [9.17, 15) is 0 Å². The van der Waals surface area contributed by atoms with Crippen LogP contribution in [0.1, 0.15) is 25.0 Å². The van der Waals surface area contributed by atoms with Crippen molar-refractivity contribution in [2.45, 2.75) is 19.3 Å². The van der Waals surface area contributed by atoms with E-state index in [2.05, 4.69) is 368 Å². The maximum absolute atomic E-state index is 5.21. The molecule has 0 atom stereocenters. The number of hydrogen-bond acceptors (Lipinski definition) is 11. The number of aromatic nitrogens is 15. The first-order valence-corrected chi connectivity index (χ1v) is 49.6. The average Bonchev–Trinajstić information content (AvgIpc) is 1.56. The molecule has 29 aromatic rings. The molecule has 0 radical (unpaired) electrons. The van der Waals surface area contributed by atoms with Gasteiger partial charge >= 0.3 is 0 Å². The Hall–Kier alpha value is -18.6. The first kappa shape index (κ1) is 82.7. The summed E-state index contributed by atoms with van der Waals surface area (Å²) >= 11 is 3.70. The molecule has 30 rings (SSSR count). The van der Waals surface area contributed by atoms with E-state index < -0.39 is 0 Å². The third kappa shape index (κ3) is 13.8. The van der Waals surface area contributed by atoms with Crippen molar-refractivity contribution < 1.29 is 0 Å². The minimum Gasteiger partial charge on any atom is -0.276 e. The van der Waals surface area contributed by atoms with E-state index in [4.69, 9.17) is 44.9 Å². The largest absolute Gasteiger partial charge is 0.276 e. The van der Waals surface area contributed by atoms with Gasteiger partial charge in [-0.3, -0.25) is 13.2 Å². The van der Waals surface area contributed by atoms with Crippen LogP contribution in [-0.2, 0) is 5.41 Å². The van der Waals surface area contributed by atoms with Gasteiger partial charge in [-0.1, -0.05) is 354 Å². The molecule has 0 amide bonds. The summed E-state index contributed by atoms with van der Waals surface area (Å²) in [5, 5.41) is 5.18. The highest BCUT2D eigenvalue weighted by atomic mass is 32.1. The van der Waals surface area contributed by atoms with E-state index in [1.165, 1.54) is 84.9 Å². The molecule has 0 unspecified atom stereocenters. The molecule has 18 aromatic carbocycles. The molecule has 0 bridgehead atoms. The summed E-state index contributed by atoms with van der Waals surface area (Å²) in [6, 6.07) is 159. The lowest BCUT2D eigenvalue weighted by Crippen LogP contribution is -2.16. The van der Waals surface area contributed by atoms with Crippen LogP contribution in [0.4, 0.5) is 0 Å². The zero-order chi connectivity index (χ0) is 94.5. The monoisotopic (exact) mass is 1870 g/mol. The number of imidazole rings is 6. The zero-order valence-corrected chi connectivity index (χ0v) is 79.0. The van der Waals surface area contributed by atoms with Gasteiger partial charge in [0.1, 0.15) is 0 Å². The molecule has 1 aliphatic carbocycles. The summed E-state index contributed by atoms with van der Waals surface area (Å²) in [4.78, 5) is 46.7. The molecule has 0 N–H and O–H groups in total. The van der Waals surface area contributed by atoms with Crippen molar-refractivity contribution in [3.8, 4) is 130 Å². The Labute approximate surface area is 827 Å². The second-order valence-corrected chi connectivity index (χ2v) is 39.0. The molecule has 0 saturated carbocycles. The van der Waals surface area contributed by atoms with Gasteiger partial charge in [0, 0.05) is 79.1 Å². The van der Waals surface area contributed by atoms with Crippen molar-refractivity contribution in [1.82, 2.24) is 71.8 Å². The number of para-hydroxylation sites is 6. The van der Waals surface area contributed by atoms with E-state index >= 15 is 0 Å². The molecular weight excluding hydrogens is 1790 g/mol. The number of nitrogens with zero attached hydrogens (tertiary/aromatic N) is 15. The number of benzene rings is 18. The molecule has 11 aromatic heterocycles. The number of hydrogen-bond donors (Lipinski definition) is 0. The predicted octanol–water partition coefficient (Wildman–Crippen LogP) is 31.7. The van der Waals surface area contributed by atoms with Gasteiger partial charge in [-0.15, -0.1) is 22.7 Å². The molecule has 672 valence electrons. The van der Waals surface area contributed by atoms with Crippen LogP contribution >= 0.6 is 22.7 Å². The van der Waals surface area contributed by atoms with Gasteiger partial charge in [0.2, 0.25) is 35.2 Å². The van der Waals surface area contributed by atoms with Crippen molar-refractivity contribution in [3.05, 3.63) is 466 Å². The SMILES string of the molecule is CC1(C)c2ccccc2-c2cccc(-c3ccc4c(c3)n3c5ccccc5nc3n4-c3nc(-c4ccccc4)cc(-c4ccccc4)n3)c21.c1ccc(-c2cc(-c3ccccc3)nc(-n3c4ccc(-c5ccc6sc7ccccc7c6c5)cc4n4c5ccccc5nc34)n2)cc1.c1ccc(-c2cc(-c3ccccc3)nc(-n3c4ccc(-c5cccc6c5sc5ccccc56)cc4n4c5ccccc5nc34)n2)cc1. The summed E-state index contributed by atoms with van der Waals surface area (Å²) in [5.41, 5.74) is 35.8. The Kier molecular flexibility index (Phi) is 19.3. The molecule has 0 spiro atoms. The van der Waals surface area contributed by atoms with Gasteiger partial charge in [0.15, 0.2) is 0 Å². The van der Waals surface area contributed by atoms with E-state index in [-0.39, 0.29) is 5.41 Å². The van der Waals surface area contributed by atoms with Crippen LogP contribution in [0.25, 0.3) is 254 Å². The molecule has 0 saturated heterocycles. The maximum atomic E-state index is 5.21. The van der Waals surface area contributed by atoms with Crippen LogP contribution in [-0.4, -0.2) is 71.8 Å². The van der Waals surface area contributed by atoms with Gasteiger partial charge in [0.25, 0.3) is 0 Å². The molecule has 11 heterocycles. The van der Waals surface area contributed by atoms with Gasteiger partial charge in [-0.25, -0.2) is 58.6 Å². The van der Waals surface area contributed by atoms with Crippen molar-refractivity contribution >= 4 is 147 Å². The fourth-order valence-electron chi connectivity index (χ4n) is 21.4. The summed E-state index contributed by atoms with van der Waals surface area (Å²) < 4.78 is 18.3. The Morgan fingerprint density at radius 1 is 0.196 bits per heavy atom. The quantitative estimate of drug-likeness (QED) is 0.117. The standard InChI is InChI=1S/C44H31N5.2C41H25N5S/c1-44(2)34-21-10-9-18-32(34)33-20-13-19-31(41(33)44)30-24-25-39-40(26-30)48-38-23-12-11-22-35(38)47-43(48)49(39)42-45-36(28-14-5-3-6-15-28)27-37(46-42)29-16-7-4-8-17-29;1-3-12-26(13-4-1)33-25-34(27-14-5-2-6-15-27)43-40(42-33)46-36-23-22-28(24-37(36)45-35-20-9-8-19-32(35)44-41(45)46)29-17-11-18-31-30-16-7-10-21-38(30)47-39(29)31;1-3-11-26(12-4-1)33-25-34(27-13-5-2-6-14-27)43-40(42-33)46-36-21-19-29(24-37(36)45-35-17-9-8-16-32(35)44-41(45)46)28-20-22-39-31(23-28)30-15-7-10-18-38(30)47-39/h3-27H,1-2H3;2*1-25H. The summed E-state index contributed by atoms with van der Waals surface area (Å²) in [6.07, 6.45) is 0. The van der Waals surface area contributed by atoms with E-state index in [1.807, 2.05) is 150 Å². The van der Waals surface area contributed by atoms with E-state index in [0.717, 1.165) is 162 Å². The van der Waals surface area contributed by atoms with Crippen LogP contribution in [0.3, 0.4) is 0 Å². The van der Waals surface area contributed by atoms with Crippen LogP contribution < -0.4 is 0 Å². The van der Waals surface area contributed by atoms with Crippen molar-refractivity contribution in [3.63, 3.8) is 0 Å². The molecule has 0 aliphatic heterocycles. The third-order valence-corrected chi connectivity index (χ3v) is 30.4. The third-order valence-electron chi connectivity index (χ3n) is 28.1. The average molecular weight is 1870 g/mol. The van der Waals surface area contributed by atoms with Gasteiger partial charge in [-0.05, 0) is 171 Å². The van der Waals surface area contributed by atoms with Crippen LogP contribution in [0.15, 0.2) is 455 Å². The van der Waals surface area contributed by atoms with Gasteiger partial charge < -0.3 is 0 Å². The van der Waals surface area contributed by atoms with Crippen LogP contribution in [0.2, 0.25) is 0 Å². The van der Waals surface area contributed by atoms with E-state index in [0.29, 0.717) is 17.8 Å². The number of fused-ring (bicyclic) bond motifs is 24. The lowest BCUT2D eigenvalue weighted by molar-refractivity contribution is 0.662. The second-order valence-electron chi connectivity index (χ2n) is 36.8. The second kappa shape index (κ2) is 33.4. The summed E-state index contributed by atoms with van der Waals surface area (Å²) in [5.74, 6) is 4.09. The lowest BCUT2D eigenvalue weighted by atomic mass is 9.79. The lowest BCUT2D eigenvalue weighted by Gasteiger charge is -2.24.